The molecule has 35 heavy (non-hydrogen) atoms. The average Bonchev–Trinajstić information content (AvgIpc) is 3.53. The van der Waals surface area contributed by atoms with Gasteiger partial charge in [0, 0.05) is 30.0 Å². The molecule has 2 aliphatic heterocycles. The molecule has 0 N–H and O–H groups in total. The van der Waals surface area contributed by atoms with E-state index in [1.165, 1.54) is 19.4 Å². The number of hydrogen-bond acceptors (Lipinski definition) is 5. The van der Waals surface area contributed by atoms with E-state index in [9.17, 15) is 9.59 Å². The number of ether oxygens (including phenoxy) is 2. The van der Waals surface area contributed by atoms with Crippen molar-refractivity contribution in [3.8, 4) is 0 Å². The van der Waals surface area contributed by atoms with Gasteiger partial charge in [-0.15, -0.1) is 0 Å². The molecule has 2 heterocycles. The molecule has 6 aliphatic rings. The van der Waals surface area contributed by atoms with E-state index in [4.69, 9.17) is 9.47 Å². The van der Waals surface area contributed by atoms with Crippen molar-refractivity contribution < 1.29 is 19.1 Å². The van der Waals surface area contributed by atoms with Gasteiger partial charge < -0.3 is 9.47 Å². The van der Waals surface area contributed by atoms with Gasteiger partial charge in [0.15, 0.2) is 0 Å². The molecule has 1 spiro atoms. The maximum absolute atomic E-state index is 13.2. The number of carbonyl (C=O) groups excluding carboxylic acids is 2. The third-order valence-corrected chi connectivity index (χ3v) is 11.4. The first-order valence-corrected chi connectivity index (χ1v) is 13.8. The van der Waals surface area contributed by atoms with Crippen LogP contribution in [0.25, 0.3) is 0 Å². The molecule has 5 nitrogen and oxygen atoms in total. The van der Waals surface area contributed by atoms with E-state index in [0.29, 0.717) is 41.9 Å². The summed E-state index contributed by atoms with van der Waals surface area (Å²) in [6, 6.07) is 9.89. The number of carbonyl (C=O) groups is 2. The zero-order chi connectivity index (χ0) is 23.9. The smallest absolute Gasteiger partial charge is 0.338 e. The van der Waals surface area contributed by atoms with Crippen molar-refractivity contribution in [1.29, 1.82) is 0 Å². The van der Waals surface area contributed by atoms with E-state index >= 15 is 0 Å². The van der Waals surface area contributed by atoms with Gasteiger partial charge in [-0.2, -0.15) is 0 Å². The second-order valence-corrected chi connectivity index (χ2v) is 12.4. The van der Waals surface area contributed by atoms with Crippen LogP contribution in [0.2, 0.25) is 0 Å². The Bertz CT molecular complexity index is 1100. The summed E-state index contributed by atoms with van der Waals surface area (Å²) in [4.78, 5) is 29.1. The van der Waals surface area contributed by atoms with E-state index in [1.807, 2.05) is 30.3 Å². The summed E-state index contributed by atoms with van der Waals surface area (Å²) in [6.45, 7) is 5.20. The number of methoxy groups -OCH3 is 1. The van der Waals surface area contributed by atoms with Crippen molar-refractivity contribution in [2.45, 2.75) is 57.9 Å². The Hall–Kier alpha value is -2.14. The SMILES string of the molecule is COC(=O)[C@@H]1C[C@]23C4=C(CC[C@@H]5CN6C[C@H](C)[C@@H](CC[C@@]52COC(=O)c2ccccc2)[C@H]63)CC[C@@H]41. The Labute approximate surface area is 208 Å². The molecule has 1 aromatic carbocycles. The first-order valence-electron chi connectivity index (χ1n) is 13.8. The Morgan fingerprint density at radius 2 is 1.89 bits per heavy atom. The predicted octanol–water partition coefficient (Wildman–Crippen LogP) is 4.87. The fourth-order valence-electron chi connectivity index (χ4n) is 10.3. The number of hydrogen-bond donors (Lipinski definition) is 0. The van der Waals surface area contributed by atoms with Gasteiger partial charge in [-0.05, 0) is 80.8 Å². The topological polar surface area (TPSA) is 55.8 Å². The van der Waals surface area contributed by atoms with Crippen LogP contribution in [0.3, 0.4) is 0 Å². The van der Waals surface area contributed by atoms with Gasteiger partial charge in [0.05, 0.1) is 25.2 Å². The average molecular weight is 476 g/mol. The first kappa shape index (κ1) is 22.1. The lowest BCUT2D eigenvalue weighted by Crippen LogP contribution is -2.68. The molecule has 0 radical (unpaired) electrons. The van der Waals surface area contributed by atoms with E-state index < -0.39 is 0 Å². The molecule has 2 saturated carbocycles. The molecule has 1 aromatic rings. The molecule has 2 saturated heterocycles. The minimum Gasteiger partial charge on any atom is -0.469 e. The third kappa shape index (κ3) is 2.74. The molecule has 4 aliphatic carbocycles. The second kappa shape index (κ2) is 7.68. The van der Waals surface area contributed by atoms with Crippen molar-refractivity contribution in [2.75, 3.05) is 26.8 Å². The maximum Gasteiger partial charge on any atom is 0.338 e. The standard InChI is InChI=1S/C30H37NO4/c1-18-15-31-16-21-10-8-19-9-11-23-24(28(33)34-2)14-30(25(19)23)26(31)22(18)12-13-29(21,30)17-35-27(32)20-6-4-3-5-7-20/h3-7,18,21-24,26H,8-17H2,1-2H3/t18-,21+,22+,23+,24+,26-,29+,30+/m0/s1. The molecular formula is C30H37NO4. The van der Waals surface area contributed by atoms with Crippen LogP contribution in [0.4, 0.5) is 0 Å². The lowest BCUT2D eigenvalue weighted by atomic mass is 9.43. The molecule has 0 aromatic heterocycles. The highest BCUT2D eigenvalue weighted by molar-refractivity contribution is 5.89. The largest absolute Gasteiger partial charge is 0.469 e. The Morgan fingerprint density at radius 1 is 1.09 bits per heavy atom. The van der Waals surface area contributed by atoms with Crippen LogP contribution >= 0.6 is 0 Å². The van der Waals surface area contributed by atoms with Gasteiger partial charge in [0.1, 0.15) is 0 Å². The molecule has 4 bridgehead atoms. The van der Waals surface area contributed by atoms with E-state index in [0.717, 1.165) is 38.6 Å². The fraction of sp³-hybridized carbons (Fsp3) is 0.667. The van der Waals surface area contributed by atoms with E-state index in [-0.39, 0.29) is 28.7 Å². The zero-order valence-corrected chi connectivity index (χ0v) is 21.0. The molecule has 8 atom stereocenters. The Balaban J connectivity index is 1.37. The van der Waals surface area contributed by atoms with Crippen LogP contribution in [0.15, 0.2) is 41.5 Å². The monoisotopic (exact) mass is 475 g/mol. The summed E-state index contributed by atoms with van der Waals surface area (Å²) in [5, 5.41) is 0. The Kier molecular flexibility index (Phi) is 4.85. The summed E-state index contributed by atoms with van der Waals surface area (Å²) in [6.07, 6.45) is 7.75. The van der Waals surface area contributed by atoms with Gasteiger partial charge in [-0.25, -0.2) is 4.79 Å². The third-order valence-electron chi connectivity index (χ3n) is 11.4. The number of allylic oxidation sites excluding steroid dienone is 1. The van der Waals surface area contributed by atoms with Gasteiger partial charge in [-0.1, -0.05) is 36.3 Å². The number of esters is 2. The van der Waals surface area contributed by atoms with Crippen LogP contribution < -0.4 is 0 Å². The summed E-state index contributed by atoms with van der Waals surface area (Å²) in [7, 11) is 1.55. The van der Waals surface area contributed by atoms with Gasteiger partial charge >= 0.3 is 11.9 Å². The lowest BCUT2D eigenvalue weighted by molar-refractivity contribution is -0.174. The van der Waals surface area contributed by atoms with Crippen molar-refractivity contribution in [3.63, 3.8) is 0 Å². The Morgan fingerprint density at radius 3 is 2.69 bits per heavy atom. The van der Waals surface area contributed by atoms with Crippen LogP contribution in [0.5, 0.6) is 0 Å². The zero-order valence-electron chi connectivity index (χ0n) is 21.0. The number of piperidine rings is 1. The van der Waals surface area contributed by atoms with Crippen molar-refractivity contribution in [3.05, 3.63) is 47.0 Å². The molecule has 4 fully saturated rings. The quantitative estimate of drug-likeness (QED) is 0.459. The van der Waals surface area contributed by atoms with E-state index in [2.05, 4.69) is 11.8 Å². The van der Waals surface area contributed by atoms with E-state index in [1.54, 1.807) is 18.3 Å². The van der Waals surface area contributed by atoms with Crippen LogP contribution in [0.1, 0.15) is 62.2 Å². The lowest BCUT2D eigenvalue weighted by Gasteiger charge is -2.66. The predicted molar refractivity (Wildman–Crippen MR) is 131 cm³/mol. The summed E-state index contributed by atoms with van der Waals surface area (Å²) >= 11 is 0. The highest BCUT2D eigenvalue weighted by Crippen LogP contribution is 2.76. The highest BCUT2D eigenvalue weighted by atomic mass is 16.5. The van der Waals surface area contributed by atoms with Crippen LogP contribution in [0, 0.1) is 40.4 Å². The summed E-state index contributed by atoms with van der Waals surface area (Å²) < 4.78 is 11.7. The highest BCUT2D eigenvalue weighted by Gasteiger charge is 2.75. The summed E-state index contributed by atoms with van der Waals surface area (Å²) in [5.74, 6) is 1.87. The summed E-state index contributed by atoms with van der Waals surface area (Å²) in [5.41, 5.74) is 3.75. The van der Waals surface area contributed by atoms with Crippen molar-refractivity contribution in [1.82, 2.24) is 4.90 Å². The van der Waals surface area contributed by atoms with Crippen LogP contribution in [-0.2, 0) is 14.3 Å². The van der Waals surface area contributed by atoms with Gasteiger partial charge in [-0.3, -0.25) is 9.69 Å². The van der Waals surface area contributed by atoms with Crippen LogP contribution in [-0.4, -0.2) is 49.7 Å². The molecule has 5 heteroatoms. The number of nitrogens with zero attached hydrogens (tertiary/aromatic N) is 1. The van der Waals surface area contributed by atoms with Gasteiger partial charge in [0.2, 0.25) is 0 Å². The molecular weight excluding hydrogens is 438 g/mol. The maximum atomic E-state index is 13.2. The first-order chi connectivity index (χ1) is 17.0. The molecule has 0 unspecified atom stereocenters. The second-order valence-electron chi connectivity index (χ2n) is 12.4. The fourth-order valence-corrected chi connectivity index (χ4v) is 10.3. The number of benzene rings is 1. The van der Waals surface area contributed by atoms with Gasteiger partial charge in [0.25, 0.3) is 0 Å². The normalized spacial score (nSPS) is 43.0. The van der Waals surface area contributed by atoms with Crippen molar-refractivity contribution >= 4 is 11.9 Å². The molecule has 0 amide bonds. The van der Waals surface area contributed by atoms with Crippen molar-refractivity contribution in [2.24, 2.45) is 40.4 Å². The molecule has 186 valence electrons. The molecule has 7 rings (SSSR count). The minimum absolute atomic E-state index is 0.0294. The number of rotatable bonds is 4. The minimum atomic E-state index is -0.211.